The number of aryl methyl sites for hydroxylation is 1. The zero-order valence-electron chi connectivity index (χ0n) is 13.3. The summed E-state index contributed by atoms with van der Waals surface area (Å²) in [6.45, 7) is 2.03. The first kappa shape index (κ1) is 17.6. The highest BCUT2D eigenvalue weighted by molar-refractivity contribution is 7.89. The monoisotopic (exact) mass is 384 g/mol. The molecule has 2 aromatic heterocycles. The van der Waals surface area contributed by atoms with Gasteiger partial charge in [-0.15, -0.1) is 11.3 Å². The Balaban J connectivity index is 1.83. The molecule has 0 spiro atoms. The lowest BCUT2D eigenvalue weighted by molar-refractivity contribution is -0.119. The number of hydrogen-bond donors (Lipinski definition) is 2. The van der Waals surface area contributed by atoms with Crippen molar-refractivity contribution in [2.24, 2.45) is 0 Å². The number of furan rings is 1. The molecule has 1 fully saturated rings. The fourth-order valence-electron chi connectivity index (χ4n) is 2.68. The van der Waals surface area contributed by atoms with Crippen molar-refractivity contribution in [3.05, 3.63) is 34.2 Å². The van der Waals surface area contributed by atoms with Gasteiger partial charge >= 0.3 is 5.97 Å². The Morgan fingerprint density at radius 1 is 1.36 bits per heavy atom. The molecule has 0 aromatic carbocycles. The van der Waals surface area contributed by atoms with E-state index in [1.165, 1.54) is 11.3 Å². The van der Waals surface area contributed by atoms with Crippen LogP contribution in [0.15, 0.2) is 32.4 Å². The zero-order valence-corrected chi connectivity index (χ0v) is 14.9. The molecule has 1 amide bonds. The van der Waals surface area contributed by atoms with Gasteiger partial charge in [-0.3, -0.25) is 4.79 Å². The van der Waals surface area contributed by atoms with E-state index in [-0.39, 0.29) is 6.54 Å². The molecule has 0 saturated carbocycles. The summed E-state index contributed by atoms with van der Waals surface area (Å²) in [7, 11) is -4.09. The number of hydrogen-bond acceptors (Lipinski definition) is 6. The summed E-state index contributed by atoms with van der Waals surface area (Å²) in [4.78, 5) is 23.4. The summed E-state index contributed by atoms with van der Waals surface area (Å²) in [5.74, 6) is -2.23. The second-order valence-electron chi connectivity index (χ2n) is 5.66. The van der Waals surface area contributed by atoms with E-state index in [4.69, 9.17) is 9.52 Å². The normalized spacial score (nSPS) is 18.4. The lowest BCUT2D eigenvalue weighted by atomic mass is 10.2. The van der Waals surface area contributed by atoms with Crippen molar-refractivity contribution in [3.8, 4) is 0 Å². The molecule has 1 atom stereocenters. The molecule has 2 N–H and O–H groups in total. The summed E-state index contributed by atoms with van der Waals surface area (Å²) < 4.78 is 31.4. The van der Waals surface area contributed by atoms with Gasteiger partial charge in [-0.05, 0) is 42.8 Å². The summed E-state index contributed by atoms with van der Waals surface area (Å²) in [6, 6.07) is 1.31. The standard InChI is InChI=1S/C15H16N2O6S2/c1-9-7-24-8-10(9)16-14(18)11-3-2-6-17(11)25(21,22)13-5-4-12(23-13)15(19)20/h4-5,7-8,11H,2-3,6H2,1H3,(H,16,18)(H,19,20). The Bertz CT molecular complexity index is 914. The van der Waals surface area contributed by atoms with Crippen LogP contribution in [-0.4, -0.2) is 42.3 Å². The van der Waals surface area contributed by atoms with Gasteiger partial charge in [-0.25, -0.2) is 13.2 Å². The van der Waals surface area contributed by atoms with Crippen LogP contribution in [0.1, 0.15) is 29.0 Å². The largest absolute Gasteiger partial charge is 0.475 e. The summed E-state index contributed by atoms with van der Waals surface area (Å²) in [6.07, 6.45) is 0.924. The lowest BCUT2D eigenvalue weighted by Crippen LogP contribution is -2.43. The van der Waals surface area contributed by atoms with Crippen LogP contribution in [0.25, 0.3) is 0 Å². The number of rotatable bonds is 5. The molecule has 1 saturated heterocycles. The van der Waals surface area contributed by atoms with E-state index in [0.29, 0.717) is 18.5 Å². The molecular weight excluding hydrogens is 368 g/mol. The Morgan fingerprint density at radius 2 is 2.12 bits per heavy atom. The van der Waals surface area contributed by atoms with Gasteiger partial charge in [0.2, 0.25) is 16.8 Å². The van der Waals surface area contributed by atoms with Crippen molar-refractivity contribution < 1.29 is 27.5 Å². The topological polar surface area (TPSA) is 117 Å². The predicted octanol–water partition coefficient (Wildman–Crippen LogP) is 2.14. The molecule has 2 aromatic rings. The van der Waals surface area contributed by atoms with Crippen molar-refractivity contribution in [1.29, 1.82) is 0 Å². The van der Waals surface area contributed by atoms with Crippen LogP contribution in [-0.2, 0) is 14.8 Å². The first-order valence-corrected chi connectivity index (χ1v) is 9.87. The molecule has 1 aliphatic heterocycles. The smallest absolute Gasteiger partial charge is 0.371 e. The van der Waals surface area contributed by atoms with Gasteiger partial charge in [-0.2, -0.15) is 4.31 Å². The maximum absolute atomic E-state index is 12.7. The van der Waals surface area contributed by atoms with Crippen LogP contribution >= 0.6 is 11.3 Å². The molecule has 1 unspecified atom stereocenters. The minimum atomic E-state index is -4.09. The third-order valence-corrected chi connectivity index (χ3v) is 6.62. The number of nitrogens with one attached hydrogen (secondary N) is 1. The van der Waals surface area contributed by atoms with Gasteiger partial charge < -0.3 is 14.8 Å². The zero-order chi connectivity index (χ0) is 18.2. The first-order valence-electron chi connectivity index (χ1n) is 7.49. The lowest BCUT2D eigenvalue weighted by Gasteiger charge is -2.22. The highest BCUT2D eigenvalue weighted by Gasteiger charge is 2.41. The predicted molar refractivity (Wildman–Crippen MR) is 90.3 cm³/mol. The van der Waals surface area contributed by atoms with E-state index in [0.717, 1.165) is 22.0 Å². The molecule has 10 heteroatoms. The molecule has 134 valence electrons. The van der Waals surface area contributed by atoms with Gasteiger partial charge in [0, 0.05) is 11.9 Å². The van der Waals surface area contributed by atoms with Crippen molar-refractivity contribution in [1.82, 2.24) is 4.31 Å². The molecule has 8 nitrogen and oxygen atoms in total. The average Bonchev–Trinajstić information content (AvgIpc) is 3.27. The number of carboxylic acid groups (broad SMARTS) is 1. The van der Waals surface area contributed by atoms with Crippen LogP contribution in [0.4, 0.5) is 5.69 Å². The third-order valence-electron chi connectivity index (χ3n) is 3.97. The van der Waals surface area contributed by atoms with Crippen LogP contribution in [0.5, 0.6) is 0 Å². The number of anilines is 1. The van der Waals surface area contributed by atoms with Gasteiger partial charge in [-0.1, -0.05) is 0 Å². The minimum Gasteiger partial charge on any atom is -0.475 e. The fraction of sp³-hybridized carbons (Fsp3) is 0.333. The second-order valence-corrected chi connectivity index (χ2v) is 8.22. The van der Waals surface area contributed by atoms with E-state index in [9.17, 15) is 18.0 Å². The molecule has 1 aliphatic rings. The molecular formula is C15H16N2O6S2. The molecule has 3 rings (SSSR count). The maximum Gasteiger partial charge on any atom is 0.371 e. The fourth-order valence-corrected chi connectivity index (χ4v) is 5.04. The van der Waals surface area contributed by atoms with Crippen LogP contribution < -0.4 is 5.32 Å². The van der Waals surface area contributed by atoms with Crippen molar-refractivity contribution in [2.45, 2.75) is 30.9 Å². The van der Waals surface area contributed by atoms with E-state index >= 15 is 0 Å². The van der Waals surface area contributed by atoms with Crippen LogP contribution in [0.2, 0.25) is 0 Å². The third kappa shape index (κ3) is 3.32. The van der Waals surface area contributed by atoms with Gasteiger partial charge in [0.05, 0.1) is 5.69 Å². The number of aromatic carboxylic acids is 1. The Morgan fingerprint density at radius 3 is 2.72 bits per heavy atom. The SMILES string of the molecule is Cc1cscc1NC(=O)C1CCCN1S(=O)(=O)c1ccc(C(=O)O)o1. The number of nitrogens with zero attached hydrogens (tertiary/aromatic N) is 1. The highest BCUT2D eigenvalue weighted by Crippen LogP contribution is 2.29. The minimum absolute atomic E-state index is 0.173. The molecule has 3 heterocycles. The summed E-state index contributed by atoms with van der Waals surface area (Å²) in [5, 5.41) is 14.8. The van der Waals surface area contributed by atoms with E-state index in [2.05, 4.69) is 5.32 Å². The summed E-state index contributed by atoms with van der Waals surface area (Å²) in [5.41, 5.74) is 1.56. The van der Waals surface area contributed by atoms with Crippen molar-refractivity contribution in [2.75, 3.05) is 11.9 Å². The molecule has 0 bridgehead atoms. The quantitative estimate of drug-likeness (QED) is 0.816. The number of carbonyl (C=O) groups excluding carboxylic acids is 1. The van der Waals surface area contributed by atoms with Gasteiger partial charge in [0.25, 0.3) is 10.0 Å². The Kier molecular flexibility index (Phi) is 4.67. The highest BCUT2D eigenvalue weighted by atomic mass is 32.2. The maximum atomic E-state index is 12.7. The Hall–Kier alpha value is -2.17. The van der Waals surface area contributed by atoms with Crippen molar-refractivity contribution in [3.63, 3.8) is 0 Å². The van der Waals surface area contributed by atoms with Crippen LogP contribution in [0, 0.1) is 6.92 Å². The number of amides is 1. The second kappa shape index (κ2) is 6.62. The van der Waals surface area contributed by atoms with E-state index < -0.39 is 38.8 Å². The van der Waals surface area contributed by atoms with Gasteiger partial charge in [0.15, 0.2) is 0 Å². The van der Waals surface area contributed by atoms with E-state index in [1.54, 1.807) is 5.38 Å². The molecule has 25 heavy (non-hydrogen) atoms. The number of carboxylic acids is 1. The van der Waals surface area contributed by atoms with Gasteiger partial charge in [0.1, 0.15) is 6.04 Å². The number of carbonyl (C=O) groups is 2. The van der Waals surface area contributed by atoms with Crippen molar-refractivity contribution >= 4 is 38.9 Å². The summed E-state index contributed by atoms with van der Waals surface area (Å²) >= 11 is 1.44. The first-order chi connectivity index (χ1) is 11.8. The molecule has 0 radical (unpaired) electrons. The van der Waals surface area contributed by atoms with Crippen LogP contribution in [0.3, 0.4) is 0 Å². The number of sulfonamides is 1. The molecule has 0 aliphatic carbocycles. The average molecular weight is 384 g/mol. The number of thiophene rings is 1. The van der Waals surface area contributed by atoms with E-state index in [1.807, 2.05) is 12.3 Å². The Labute approximate surface area is 148 Å².